The Morgan fingerprint density at radius 1 is 1.12 bits per heavy atom. The average Bonchev–Trinajstić information content (AvgIpc) is 2.60. The monoisotopic (exact) mass is 349 g/mol. The molecule has 0 fully saturated rings. The number of amides is 1. The van der Waals surface area contributed by atoms with Crippen LogP contribution in [0.5, 0.6) is 0 Å². The summed E-state index contributed by atoms with van der Waals surface area (Å²) < 4.78 is 1.38. The molecule has 5 heteroatoms. The molecule has 3 rings (SSSR count). The first-order valence-corrected chi connectivity index (χ1v) is 8.61. The lowest BCUT2D eigenvalue weighted by atomic mass is 10.1. The van der Waals surface area contributed by atoms with Crippen molar-refractivity contribution in [3.8, 4) is 0 Å². The minimum Gasteiger partial charge on any atom is -0.340 e. The molecule has 0 bridgehead atoms. The molecule has 0 aliphatic rings. The highest BCUT2D eigenvalue weighted by molar-refractivity contribution is 5.81. The minimum absolute atomic E-state index is 0.0167. The zero-order valence-electron chi connectivity index (χ0n) is 15.6. The number of rotatable bonds is 4. The predicted molar refractivity (Wildman–Crippen MR) is 103 cm³/mol. The molecule has 0 aliphatic carbocycles. The number of aromatic nitrogens is 2. The Morgan fingerprint density at radius 3 is 2.62 bits per heavy atom. The maximum absolute atomic E-state index is 12.6. The van der Waals surface area contributed by atoms with Gasteiger partial charge in [-0.25, -0.2) is 4.98 Å². The number of para-hydroxylation sites is 1. The van der Waals surface area contributed by atoms with E-state index in [1.807, 2.05) is 45.0 Å². The molecule has 1 amide bonds. The first kappa shape index (κ1) is 17.9. The Hall–Kier alpha value is -2.95. The maximum atomic E-state index is 12.6. The fraction of sp³-hybridized carbons (Fsp3) is 0.286. The smallest absolute Gasteiger partial charge is 0.261 e. The van der Waals surface area contributed by atoms with E-state index in [0.717, 1.165) is 16.7 Å². The molecule has 0 unspecified atom stereocenters. The van der Waals surface area contributed by atoms with Crippen molar-refractivity contribution >= 4 is 16.8 Å². The number of fused-ring (bicyclic) bond motifs is 1. The fourth-order valence-corrected chi connectivity index (χ4v) is 3.08. The van der Waals surface area contributed by atoms with Crippen LogP contribution in [0, 0.1) is 20.8 Å². The quantitative estimate of drug-likeness (QED) is 0.728. The van der Waals surface area contributed by atoms with Crippen molar-refractivity contribution in [2.24, 2.45) is 0 Å². The second kappa shape index (κ2) is 7.12. The van der Waals surface area contributed by atoms with Crippen LogP contribution in [0.3, 0.4) is 0 Å². The van der Waals surface area contributed by atoms with Crippen LogP contribution < -0.4 is 5.56 Å². The summed E-state index contributed by atoms with van der Waals surface area (Å²) in [4.78, 5) is 31.2. The second-order valence-electron chi connectivity index (χ2n) is 6.83. The summed E-state index contributed by atoms with van der Waals surface area (Å²) in [5.41, 5.74) is 4.90. The van der Waals surface area contributed by atoms with Gasteiger partial charge in [0.25, 0.3) is 5.56 Å². The van der Waals surface area contributed by atoms with E-state index in [2.05, 4.69) is 11.1 Å². The zero-order chi connectivity index (χ0) is 18.8. The van der Waals surface area contributed by atoms with E-state index in [1.165, 1.54) is 16.5 Å². The van der Waals surface area contributed by atoms with Gasteiger partial charge in [-0.2, -0.15) is 0 Å². The fourth-order valence-electron chi connectivity index (χ4n) is 3.08. The van der Waals surface area contributed by atoms with Crippen LogP contribution in [0.15, 0.2) is 47.5 Å². The highest BCUT2D eigenvalue weighted by Gasteiger charge is 2.14. The standard InChI is InChI=1S/C21H23N3O2/c1-14-8-9-17(16(3)10-14)11-23(4)19(25)12-24-13-22-20-15(2)6-5-7-18(20)21(24)26/h5-10,13H,11-12H2,1-4H3. The van der Waals surface area contributed by atoms with E-state index in [4.69, 9.17) is 0 Å². The summed E-state index contributed by atoms with van der Waals surface area (Å²) >= 11 is 0. The molecular formula is C21H23N3O2. The highest BCUT2D eigenvalue weighted by atomic mass is 16.2. The van der Waals surface area contributed by atoms with Gasteiger partial charge in [-0.3, -0.25) is 14.2 Å². The summed E-state index contributed by atoms with van der Waals surface area (Å²) in [6.45, 7) is 6.51. The molecule has 0 saturated heterocycles. The van der Waals surface area contributed by atoms with Crippen molar-refractivity contribution in [2.75, 3.05) is 7.05 Å². The number of carbonyl (C=O) groups is 1. The lowest BCUT2D eigenvalue weighted by Gasteiger charge is -2.19. The van der Waals surface area contributed by atoms with Crippen LogP contribution in [-0.2, 0) is 17.9 Å². The molecule has 0 spiro atoms. The van der Waals surface area contributed by atoms with E-state index in [1.54, 1.807) is 18.0 Å². The normalized spacial score (nSPS) is 10.9. The van der Waals surface area contributed by atoms with Gasteiger partial charge in [-0.1, -0.05) is 35.9 Å². The van der Waals surface area contributed by atoms with Gasteiger partial charge in [-0.15, -0.1) is 0 Å². The summed E-state index contributed by atoms with van der Waals surface area (Å²) in [5, 5.41) is 0.539. The molecule has 26 heavy (non-hydrogen) atoms. The zero-order valence-corrected chi connectivity index (χ0v) is 15.6. The summed E-state index contributed by atoms with van der Waals surface area (Å²) in [6, 6.07) is 11.7. The molecule has 0 saturated carbocycles. The van der Waals surface area contributed by atoms with Crippen LogP contribution >= 0.6 is 0 Å². The highest BCUT2D eigenvalue weighted by Crippen LogP contribution is 2.13. The molecule has 1 heterocycles. The first-order valence-electron chi connectivity index (χ1n) is 8.61. The number of carbonyl (C=O) groups excluding carboxylic acids is 1. The number of aryl methyl sites for hydroxylation is 3. The van der Waals surface area contributed by atoms with Crippen molar-refractivity contribution in [1.29, 1.82) is 0 Å². The molecule has 0 aliphatic heterocycles. The Morgan fingerprint density at radius 2 is 1.88 bits per heavy atom. The van der Waals surface area contributed by atoms with Crippen LogP contribution in [0.25, 0.3) is 10.9 Å². The van der Waals surface area contributed by atoms with Gasteiger partial charge in [0.1, 0.15) is 6.54 Å². The van der Waals surface area contributed by atoms with Crippen LogP contribution in [0.4, 0.5) is 0 Å². The molecule has 3 aromatic rings. The van der Waals surface area contributed by atoms with Gasteiger partial charge in [0, 0.05) is 13.6 Å². The number of nitrogens with zero attached hydrogens (tertiary/aromatic N) is 3. The van der Waals surface area contributed by atoms with Crippen molar-refractivity contribution in [3.05, 3.63) is 75.3 Å². The van der Waals surface area contributed by atoms with Crippen LogP contribution in [0.1, 0.15) is 22.3 Å². The molecule has 0 radical (unpaired) electrons. The number of likely N-dealkylation sites (N-methyl/N-ethyl adjacent to an activating group) is 1. The molecule has 134 valence electrons. The Kier molecular flexibility index (Phi) is 4.89. The van der Waals surface area contributed by atoms with Gasteiger partial charge >= 0.3 is 0 Å². The largest absolute Gasteiger partial charge is 0.340 e. The topological polar surface area (TPSA) is 55.2 Å². The lowest BCUT2D eigenvalue weighted by molar-refractivity contribution is -0.131. The van der Waals surface area contributed by atoms with E-state index in [9.17, 15) is 9.59 Å². The van der Waals surface area contributed by atoms with Crippen LogP contribution in [-0.4, -0.2) is 27.4 Å². The Labute approximate surface area is 152 Å². The second-order valence-corrected chi connectivity index (χ2v) is 6.83. The molecule has 0 N–H and O–H groups in total. The Balaban J connectivity index is 1.80. The van der Waals surface area contributed by atoms with E-state index < -0.39 is 0 Å². The maximum Gasteiger partial charge on any atom is 0.261 e. The summed E-state index contributed by atoms with van der Waals surface area (Å²) in [6.07, 6.45) is 1.46. The van der Waals surface area contributed by atoms with E-state index in [0.29, 0.717) is 17.4 Å². The van der Waals surface area contributed by atoms with Crippen molar-refractivity contribution < 1.29 is 4.79 Å². The SMILES string of the molecule is Cc1ccc(CN(C)C(=O)Cn2cnc3c(C)cccc3c2=O)c(C)c1. The van der Waals surface area contributed by atoms with Crippen LogP contribution in [0.2, 0.25) is 0 Å². The van der Waals surface area contributed by atoms with Gasteiger partial charge in [-0.05, 0) is 43.5 Å². The van der Waals surface area contributed by atoms with Gasteiger partial charge in [0.15, 0.2) is 0 Å². The van der Waals surface area contributed by atoms with Crippen molar-refractivity contribution in [3.63, 3.8) is 0 Å². The predicted octanol–water partition coefficient (Wildman–Crippen LogP) is 2.98. The third kappa shape index (κ3) is 3.52. The molecule has 0 atom stereocenters. The molecule has 2 aromatic carbocycles. The molecule has 1 aromatic heterocycles. The number of hydrogen-bond donors (Lipinski definition) is 0. The van der Waals surface area contributed by atoms with Crippen molar-refractivity contribution in [1.82, 2.24) is 14.5 Å². The molecular weight excluding hydrogens is 326 g/mol. The summed E-state index contributed by atoms with van der Waals surface area (Å²) in [7, 11) is 1.76. The third-order valence-corrected chi connectivity index (χ3v) is 4.69. The van der Waals surface area contributed by atoms with E-state index >= 15 is 0 Å². The summed E-state index contributed by atoms with van der Waals surface area (Å²) in [5.74, 6) is -0.124. The third-order valence-electron chi connectivity index (χ3n) is 4.69. The van der Waals surface area contributed by atoms with Crippen molar-refractivity contribution in [2.45, 2.75) is 33.9 Å². The van der Waals surface area contributed by atoms with E-state index in [-0.39, 0.29) is 18.0 Å². The lowest BCUT2D eigenvalue weighted by Crippen LogP contribution is -2.34. The Bertz CT molecular complexity index is 1040. The van der Waals surface area contributed by atoms with Gasteiger partial charge in [0.05, 0.1) is 17.2 Å². The minimum atomic E-state index is -0.188. The first-order chi connectivity index (χ1) is 12.4. The molecule has 5 nitrogen and oxygen atoms in total. The van der Waals surface area contributed by atoms with Gasteiger partial charge in [0.2, 0.25) is 5.91 Å². The number of benzene rings is 2. The van der Waals surface area contributed by atoms with Gasteiger partial charge < -0.3 is 4.90 Å². The number of hydrogen-bond acceptors (Lipinski definition) is 3. The average molecular weight is 349 g/mol.